The SMILES string of the molecule is CC1(C)O[C@H]2O[C@H]([C@H]3COC(C)(C)O3)[C@H](O[S@@](=O)CC[S@](=O)O[C@@H]3[C@H]4OC(C)(C)O[C@H]4O[C@@H]3[C@H]3COC(C)(C)O3)[C@H]2O1. The molecule has 0 aromatic carbocycles. The van der Waals surface area contributed by atoms with Gasteiger partial charge in [0.1, 0.15) is 48.8 Å². The summed E-state index contributed by atoms with van der Waals surface area (Å²) in [6.45, 7) is 14.8. The Hall–Kier alpha value is -0.180. The van der Waals surface area contributed by atoms with Crippen LogP contribution in [0.3, 0.4) is 0 Å². The van der Waals surface area contributed by atoms with Crippen LogP contribution in [0.15, 0.2) is 0 Å². The van der Waals surface area contributed by atoms with E-state index in [-0.39, 0.29) is 24.7 Å². The predicted molar refractivity (Wildman–Crippen MR) is 143 cm³/mol. The van der Waals surface area contributed by atoms with Crippen LogP contribution in [0, 0.1) is 0 Å². The molecule has 0 spiro atoms. The van der Waals surface area contributed by atoms with E-state index in [1.165, 1.54) is 0 Å². The van der Waals surface area contributed by atoms with Gasteiger partial charge < -0.3 is 47.4 Å². The van der Waals surface area contributed by atoms with Crippen molar-refractivity contribution in [3.05, 3.63) is 0 Å². The van der Waals surface area contributed by atoms with E-state index in [1.807, 2.05) is 0 Å². The second-order valence-corrected chi connectivity index (χ2v) is 15.4. The smallest absolute Gasteiger partial charge is 0.190 e. The van der Waals surface area contributed by atoms with Crippen molar-refractivity contribution in [3.63, 3.8) is 0 Å². The summed E-state index contributed by atoms with van der Waals surface area (Å²) < 4.78 is 97.6. The molecule has 12 atom stereocenters. The average molecular weight is 643 g/mol. The number of hydrogen-bond donors (Lipinski definition) is 0. The molecular weight excluding hydrogens is 600 g/mol. The minimum absolute atomic E-state index is 0.0732. The van der Waals surface area contributed by atoms with Crippen molar-refractivity contribution in [1.82, 2.24) is 0 Å². The molecule has 0 N–H and O–H groups in total. The van der Waals surface area contributed by atoms with Gasteiger partial charge >= 0.3 is 0 Å². The Morgan fingerprint density at radius 2 is 0.929 bits per heavy atom. The normalized spacial score (nSPS) is 46.1. The van der Waals surface area contributed by atoms with Crippen LogP contribution >= 0.6 is 0 Å². The number of ether oxygens (including phenoxy) is 10. The molecule has 6 fully saturated rings. The van der Waals surface area contributed by atoms with E-state index in [4.69, 9.17) is 55.7 Å². The van der Waals surface area contributed by atoms with Crippen molar-refractivity contribution in [1.29, 1.82) is 0 Å². The number of fused-ring (bicyclic) bond motifs is 2. The first-order valence-electron chi connectivity index (χ1n) is 14.3. The summed E-state index contributed by atoms with van der Waals surface area (Å²) in [5.41, 5.74) is 0. The molecule has 0 radical (unpaired) electrons. The summed E-state index contributed by atoms with van der Waals surface area (Å²) in [5, 5.41) is 0. The highest BCUT2D eigenvalue weighted by atomic mass is 32.2. The van der Waals surface area contributed by atoms with Crippen LogP contribution in [0.2, 0.25) is 0 Å². The van der Waals surface area contributed by atoms with Gasteiger partial charge in [-0.15, -0.1) is 0 Å². The lowest BCUT2D eigenvalue weighted by molar-refractivity contribution is -0.230. The molecule has 6 aliphatic rings. The second kappa shape index (κ2) is 11.3. The fourth-order valence-electron chi connectivity index (χ4n) is 6.06. The summed E-state index contributed by atoms with van der Waals surface area (Å²) in [4.78, 5) is 0. The first-order chi connectivity index (χ1) is 19.5. The molecule has 16 heteroatoms. The van der Waals surface area contributed by atoms with Gasteiger partial charge in [-0.05, 0) is 55.4 Å². The van der Waals surface area contributed by atoms with Gasteiger partial charge in [0.15, 0.2) is 57.9 Å². The quantitative estimate of drug-likeness (QED) is 0.354. The molecule has 0 aliphatic carbocycles. The maximum absolute atomic E-state index is 13.2. The molecule has 0 amide bonds. The van der Waals surface area contributed by atoms with Crippen molar-refractivity contribution in [2.45, 2.75) is 140 Å². The van der Waals surface area contributed by atoms with E-state index < -0.39 is 107 Å². The van der Waals surface area contributed by atoms with Crippen LogP contribution in [0.4, 0.5) is 0 Å². The first-order valence-corrected chi connectivity index (χ1v) is 16.8. The van der Waals surface area contributed by atoms with Gasteiger partial charge in [-0.1, -0.05) is 0 Å². The highest BCUT2D eigenvalue weighted by Crippen LogP contribution is 2.44. The van der Waals surface area contributed by atoms with E-state index in [0.717, 1.165) is 0 Å². The van der Waals surface area contributed by atoms with E-state index in [1.54, 1.807) is 55.4 Å². The summed E-state index contributed by atoms with van der Waals surface area (Å²) >= 11 is -3.73. The fourth-order valence-corrected chi connectivity index (χ4v) is 8.28. The Labute approximate surface area is 250 Å². The molecule has 6 rings (SSSR count). The lowest BCUT2D eigenvalue weighted by Gasteiger charge is -2.28. The summed E-state index contributed by atoms with van der Waals surface area (Å²) in [7, 11) is 0. The maximum Gasteiger partial charge on any atom is 0.190 e. The molecule has 6 aliphatic heterocycles. The van der Waals surface area contributed by atoms with Crippen LogP contribution < -0.4 is 0 Å². The van der Waals surface area contributed by atoms with Gasteiger partial charge in [-0.3, -0.25) is 8.37 Å². The molecular formula is C26H42O14S2. The average Bonchev–Trinajstić information content (AvgIpc) is 3.67. The third-order valence-corrected chi connectivity index (χ3v) is 9.91. The lowest BCUT2D eigenvalue weighted by Crippen LogP contribution is -2.45. The van der Waals surface area contributed by atoms with Crippen molar-refractivity contribution < 1.29 is 64.2 Å². The molecule has 0 unspecified atom stereocenters. The Morgan fingerprint density at radius 3 is 1.26 bits per heavy atom. The summed E-state index contributed by atoms with van der Waals surface area (Å²) in [6.07, 6.45) is -6.45. The number of rotatable bonds is 9. The van der Waals surface area contributed by atoms with E-state index in [9.17, 15) is 8.42 Å². The predicted octanol–water partition coefficient (Wildman–Crippen LogP) is 1.14. The standard InChI is InChI=1S/C26H42O14S2/c1-23(2)29-11-13(33-23)15-17(19-21(31-15)37-25(5,6)35-19)39-41(27)9-10-42(28)40-18-16(14-12-30-24(3,4)34-14)32-22-20(18)36-26(7,8)38-22/h13-22H,9-12H2,1-8H3/t13-,14-,15-,16-,17+,18+,19-,20-,21-,22-,41-,42-/m1/s1. The van der Waals surface area contributed by atoms with Crippen LogP contribution in [0.1, 0.15) is 55.4 Å². The fraction of sp³-hybridized carbons (Fsp3) is 1.00. The minimum atomic E-state index is -1.86. The van der Waals surface area contributed by atoms with Gasteiger partial charge in [-0.25, -0.2) is 8.42 Å². The zero-order chi connectivity index (χ0) is 30.2. The van der Waals surface area contributed by atoms with Gasteiger partial charge in [0, 0.05) is 0 Å². The molecule has 0 aromatic heterocycles. The number of hydrogen-bond acceptors (Lipinski definition) is 14. The van der Waals surface area contributed by atoms with Gasteiger partial charge in [0.2, 0.25) is 0 Å². The first kappa shape index (κ1) is 31.8. The second-order valence-electron chi connectivity index (χ2n) is 13.0. The van der Waals surface area contributed by atoms with Crippen LogP contribution in [0.5, 0.6) is 0 Å². The maximum atomic E-state index is 13.2. The monoisotopic (exact) mass is 642 g/mol. The van der Waals surface area contributed by atoms with Crippen LogP contribution in [-0.4, -0.2) is 118 Å². The molecule has 0 saturated carbocycles. The molecule has 6 heterocycles. The molecule has 14 nitrogen and oxygen atoms in total. The zero-order valence-corrected chi connectivity index (χ0v) is 26.8. The highest BCUT2D eigenvalue weighted by Gasteiger charge is 2.61. The largest absolute Gasteiger partial charge is 0.348 e. The van der Waals surface area contributed by atoms with Gasteiger partial charge in [0.05, 0.1) is 24.7 Å². The third-order valence-electron chi connectivity index (χ3n) is 7.70. The Balaban J connectivity index is 1.07. The van der Waals surface area contributed by atoms with Crippen LogP contribution in [0.25, 0.3) is 0 Å². The van der Waals surface area contributed by atoms with Gasteiger partial charge in [0.25, 0.3) is 0 Å². The molecule has 6 saturated heterocycles. The van der Waals surface area contributed by atoms with Crippen molar-refractivity contribution in [3.8, 4) is 0 Å². The summed E-state index contributed by atoms with van der Waals surface area (Å²) in [6, 6.07) is 0. The van der Waals surface area contributed by atoms with Crippen molar-refractivity contribution >= 4 is 22.2 Å². The van der Waals surface area contributed by atoms with E-state index >= 15 is 0 Å². The minimum Gasteiger partial charge on any atom is -0.348 e. The van der Waals surface area contributed by atoms with Gasteiger partial charge in [-0.2, -0.15) is 0 Å². The lowest BCUT2D eigenvalue weighted by atomic mass is 10.1. The third kappa shape index (κ3) is 6.67. The topological polar surface area (TPSA) is 145 Å². The van der Waals surface area contributed by atoms with E-state index in [2.05, 4.69) is 0 Å². The highest BCUT2D eigenvalue weighted by molar-refractivity contribution is 7.84. The molecule has 0 bridgehead atoms. The molecule has 0 aromatic rings. The van der Waals surface area contributed by atoms with Crippen molar-refractivity contribution in [2.24, 2.45) is 0 Å². The van der Waals surface area contributed by atoms with Crippen molar-refractivity contribution in [2.75, 3.05) is 24.7 Å². The Bertz CT molecular complexity index is 986. The molecule has 42 heavy (non-hydrogen) atoms. The zero-order valence-electron chi connectivity index (χ0n) is 25.1. The summed E-state index contributed by atoms with van der Waals surface area (Å²) in [5.74, 6) is -3.52. The molecule has 242 valence electrons. The Morgan fingerprint density at radius 1 is 0.548 bits per heavy atom. The Kier molecular flexibility index (Phi) is 8.52. The van der Waals surface area contributed by atoms with E-state index in [0.29, 0.717) is 0 Å². The van der Waals surface area contributed by atoms with Crippen LogP contribution in [-0.2, 0) is 77.9 Å².